The van der Waals surface area contributed by atoms with Crippen molar-refractivity contribution in [1.82, 2.24) is 5.32 Å². The van der Waals surface area contributed by atoms with Crippen molar-refractivity contribution in [3.05, 3.63) is 29.8 Å². The molecule has 1 aromatic carbocycles. The summed E-state index contributed by atoms with van der Waals surface area (Å²) in [7, 11) is 0. The molecule has 0 radical (unpaired) electrons. The Hall–Kier alpha value is -1.23. The lowest BCUT2D eigenvalue weighted by Gasteiger charge is -2.17. The van der Waals surface area contributed by atoms with Crippen molar-refractivity contribution >= 4 is 0 Å². The third-order valence-corrected chi connectivity index (χ3v) is 3.07. The fourth-order valence-electron chi connectivity index (χ4n) is 2.18. The largest absolute Gasteiger partial charge is 0.573 e. The van der Waals surface area contributed by atoms with Crippen LogP contribution in [0.1, 0.15) is 38.7 Å². The zero-order chi connectivity index (χ0) is 15.0. The monoisotopic (exact) mass is 289 g/mol. The van der Waals surface area contributed by atoms with Crippen LogP contribution in [0.3, 0.4) is 0 Å². The summed E-state index contributed by atoms with van der Waals surface area (Å²) in [5.41, 5.74) is 1.03. The number of hydrogen-bond donors (Lipinski definition) is 1. The van der Waals surface area contributed by atoms with Crippen LogP contribution in [-0.4, -0.2) is 18.9 Å². The number of alkyl halides is 3. The molecule has 0 aromatic heterocycles. The molecule has 1 rings (SSSR count). The molecule has 1 N–H and O–H groups in total. The summed E-state index contributed by atoms with van der Waals surface area (Å²) in [6.07, 6.45) is -0.553. The van der Waals surface area contributed by atoms with Crippen LogP contribution < -0.4 is 10.1 Å². The van der Waals surface area contributed by atoms with Crippen molar-refractivity contribution in [3.63, 3.8) is 0 Å². The molecule has 1 unspecified atom stereocenters. The van der Waals surface area contributed by atoms with E-state index in [1.165, 1.54) is 12.1 Å². The van der Waals surface area contributed by atoms with Crippen LogP contribution in [0.2, 0.25) is 0 Å². The molecule has 0 amide bonds. The minimum absolute atomic E-state index is 0.168. The highest BCUT2D eigenvalue weighted by atomic mass is 19.4. The molecule has 0 aliphatic rings. The van der Waals surface area contributed by atoms with E-state index < -0.39 is 6.36 Å². The summed E-state index contributed by atoms with van der Waals surface area (Å²) in [5, 5.41) is 3.42. The van der Waals surface area contributed by atoms with Gasteiger partial charge in [0.15, 0.2) is 0 Å². The van der Waals surface area contributed by atoms with Crippen LogP contribution in [0.5, 0.6) is 5.75 Å². The van der Waals surface area contributed by atoms with E-state index in [4.69, 9.17) is 0 Å². The number of ether oxygens (including phenoxy) is 1. The molecule has 0 bridgehead atoms. The van der Waals surface area contributed by atoms with E-state index in [1.54, 1.807) is 12.1 Å². The molecule has 20 heavy (non-hydrogen) atoms. The average Bonchev–Trinajstić information content (AvgIpc) is 2.36. The predicted molar refractivity (Wildman–Crippen MR) is 73.8 cm³/mol. The lowest BCUT2D eigenvalue weighted by molar-refractivity contribution is -0.274. The van der Waals surface area contributed by atoms with Gasteiger partial charge in [0.1, 0.15) is 5.75 Å². The summed E-state index contributed by atoms with van der Waals surface area (Å²) in [6, 6.07) is 6.58. The number of aryl methyl sites for hydroxylation is 1. The molecule has 0 saturated carbocycles. The van der Waals surface area contributed by atoms with E-state index >= 15 is 0 Å². The van der Waals surface area contributed by atoms with Crippen molar-refractivity contribution in [3.8, 4) is 5.75 Å². The molecule has 0 aliphatic carbocycles. The standard InChI is InChI=1S/C15H22F3NO/c1-3-5-13(19-4-2)9-6-12-7-10-14(11-8-12)20-15(16,17)18/h7-8,10-11,13,19H,3-6,9H2,1-2H3. The van der Waals surface area contributed by atoms with Crippen LogP contribution in [0.25, 0.3) is 0 Å². The number of nitrogens with one attached hydrogen (secondary N) is 1. The van der Waals surface area contributed by atoms with Crippen molar-refractivity contribution in [1.29, 1.82) is 0 Å². The van der Waals surface area contributed by atoms with Crippen LogP contribution in [0.15, 0.2) is 24.3 Å². The van der Waals surface area contributed by atoms with Crippen molar-refractivity contribution in [2.24, 2.45) is 0 Å². The first-order chi connectivity index (χ1) is 9.44. The first kappa shape index (κ1) is 16.8. The Morgan fingerprint density at radius 1 is 1.10 bits per heavy atom. The zero-order valence-corrected chi connectivity index (χ0v) is 12.0. The Kier molecular flexibility index (Phi) is 6.85. The minimum atomic E-state index is -4.63. The number of rotatable bonds is 8. The number of hydrogen-bond acceptors (Lipinski definition) is 2. The molecule has 1 aromatic rings. The maximum absolute atomic E-state index is 12.0. The van der Waals surface area contributed by atoms with Gasteiger partial charge in [-0.3, -0.25) is 0 Å². The van der Waals surface area contributed by atoms with Crippen LogP contribution in [-0.2, 0) is 6.42 Å². The molecule has 2 nitrogen and oxygen atoms in total. The summed E-state index contributed by atoms with van der Waals surface area (Å²) >= 11 is 0. The highest BCUT2D eigenvalue weighted by Crippen LogP contribution is 2.23. The predicted octanol–water partition coefficient (Wildman–Crippen LogP) is 4.30. The summed E-state index contributed by atoms with van der Waals surface area (Å²) in [5.74, 6) is -0.168. The van der Waals surface area contributed by atoms with Crippen molar-refractivity contribution in [2.75, 3.05) is 6.54 Å². The Labute approximate surface area is 118 Å². The Balaban J connectivity index is 2.48. The van der Waals surface area contributed by atoms with Gasteiger partial charge in [-0.25, -0.2) is 0 Å². The molecule has 114 valence electrons. The van der Waals surface area contributed by atoms with E-state index in [1.807, 2.05) is 0 Å². The summed E-state index contributed by atoms with van der Waals surface area (Å²) in [6.45, 7) is 5.16. The van der Waals surface area contributed by atoms with Gasteiger partial charge in [0.25, 0.3) is 0 Å². The number of halogens is 3. The van der Waals surface area contributed by atoms with Gasteiger partial charge in [0.2, 0.25) is 0 Å². The third-order valence-electron chi connectivity index (χ3n) is 3.07. The maximum atomic E-state index is 12.0. The molecular formula is C15H22F3NO. The fraction of sp³-hybridized carbons (Fsp3) is 0.600. The summed E-state index contributed by atoms with van der Waals surface area (Å²) in [4.78, 5) is 0. The lowest BCUT2D eigenvalue weighted by Crippen LogP contribution is -2.29. The topological polar surface area (TPSA) is 21.3 Å². The molecule has 0 saturated heterocycles. The van der Waals surface area contributed by atoms with E-state index in [0.29, 0.717) is 6.04 Å². The Morgan fingerprint density at radius 2 is 1.75 bits per heavy atom. The maximum Gasteiger partial charge on any atom is 0.573 e. The second-order valence-electron chi connectivity index (χ2n) is 4.77. The SMILES string of the molecule is CCCC(CCc1ccc(OC(F)(F)F)cc1)NCC. The van der Waals surface area contributed by atoms with Crippen LogP contribution in [0.4, 0.5) is 13.2 Å². The summed E-state index contributed by atoms with van der Waals surface area (Å²) < 4.78 is 40.0. The van der Waals surface area contributed by atoms with Gasteiger partial charge in [-0.05, 0) is 43.5 Å². The molecule has 1 atom stereocenters. The smallest absolute Gasteiger partial charge is 0.406 e. The fourth-order valence-corrected chi connectivity index (χ4v) is 2.18. The second kappa shape index (κ2) is 8.15. The van der Waals surface area contributed by atoms with E-state index in [2.05, 4.69) is 23.9 Å². The molecule has 0 spiro atoms. The highest BCUT2D eigenvalue weighted by Gasteiger charge is 2.30. The molecule has 0 aliphatic heterocycles. The van der Waals surface area contributed by atoms with Gasteiger partial charge in [-0.2, -0.15) is 0 Å². The van der Waals surface area contributed by atoms with Gasteiger partial charge in [-0.1, -0.05) is 32.4 Å². The van der Waals surface area contributed by atoms with E-state index in [-0.39, 0.29) is 5.75 Å². The van der Waals surface area contributed by atoms with Gasteiger partial charge in [0.05, 0.1) is 0 Å². The van der Waals surface area contributed by atoms with Gasteiger partial charge in [-0.15, -0.1) is 13.2 Å². The number of benzene rings is 1. The first-order valence-electron chi connectivity index (χ1n) is 7.02. The van der Waals surface area contributed by atoms with Crippen molar-refractivity contribution < 1.29 is 17.9 Å². The molecule has 5 heteroatoms. The first-order valence-corrected chi connectivity index (χ1v) is 7.02. The second-order valence-corrected chi connectivity index (χ2v) is 4.77. The van der Waals surface area contributed by atoms with Crippen LogP contribution in [0, 0.1) is 0 Å². The van der Waals surface area contributed by atoms with Crippen LogP contribution >= 0.6 is 0 Å². The Bertz CT molecular complexity index is 370. The van der Waals surface area contributed by atoms with Gasteiger partial charge >= 0.3 is 6.36 Å². The Morgan fingerprint density at radius 3 is 2.25 bits per heavy atom. The average molecular weight is 289 g/mol. The van der Waals surface area contributed by atoms with E-state index in [9.17, 15) is 13.2 Å². The van der Waals surface area contributed by atoms with Crippen molar-refractivity contribution in [2.45, 2.75) is 51.9 Å². The molecule has 0 fully saturated rings. The lowest BCUT2D eigenvalue weighted by atomic mass is 10.0. The third kappa shape index (κ3) is 6.80. The molecular weight excluding hydrogens is 267 g/mol. The van der Waals surface area contributed by atoms with Gasteiger partial charge in [0, 0.05) is 6.04 Å². The van der Waals surface area contributed by atoms with E-state index in [0.717, 1.165) is 37.8 Å². The molecule has 0 heterocycles. The highest BCUT2D eigenvalue weighted by molar-refractivity contribution is 5.27. The quantitative estimate of drug-likeness (QED) is 0.770. The minimum Gasteiger partial charge on any atom is -0.406 e. The van der Waals surface area contributed by atoms with Gasteiger partial charge < -0.3 is 10.1 Å². The normalized spacial score (nSPS) is 13.2. The zero-order valence-electron chi connectivity index (χ0n) is 12.0.